The third-order valence-corrected chi connectivity index (χ3v) is 1.01. The van der Waals surface area contributed by atoms with Crippen LogP contribution in [0.25, 0.3) is 0 Å². The van der Waals surface area contributed by atoms with E-state index in [1.54, 1.807) is 0 Å². The summed E-state index contributed by atoms with van der Waals surface area (Å²) in [5, 5.41) is 35.2. The summed E-state index contributed by atoms with van der Waals surface area (Å²) in [5.74, 6) is -1.46. The second-order valence-corrected chi connectivity index (χ2v) is 1.89. The van der Waals surface area contributed by atoms with E-state index in [0.717, 1.165) is 0 Å². The number of aliphatic hydroxyl groups is 3. The first-order valence-corrected chi connectivity index (χ1v) is 2.74. The van der Waals surface area contributed by atoms with E-state index in [4.69, 9.17) is 15.3 Å². The molecule has 0 bridgehead atoms. The lowest BCUT2D eigenvalue weighted by Crippen LogP contribution is -2.36. The fourth-order valence-corrected chi connectivity index (χ4v) is 0.428. The molecule has 5 nitrogen and oxygen atoms in total. The largest absolute Gasteiger partial charge is 0.550 e. The molecule has 0 saturated heterocycles. The van der Waals surface area contributed by atoms with Crippen molar-refractivity contribution in [1.29, 1.82) is 0 Å². The zero-order valence-corrected chi connectivity index (χ0v) is 5.23. The van der Waals surface area contributed by atoms with Gasteiger partial charge in [0.1, 0.15) is 6.10 Å². The number of carbonyl (C=O) groups excluding carboxylic acids is 1. The van der Waals surface area contributed by atoms with Gasteiger partial charge in [-0.3, -0.25) is 0 Å². The smallest absolute Gasteiger partial charge is 0.103 e. The molecular formula is C5H9O5-. The van der Waals surface area contributed by atoms with Crippen molar-refractivity contribution < 1.29 is 25.2 Å². The molecule has 0 aromatic carbocycles. The number of aliphatic hydroxyl groups excluding tert-OH is 3. The van der Waals surface area contributed by atoms with Crippen molar-refractivity contribution in [2.24, 2.45) is 0 Å². The van der Waals surface area contributed by atoms with Crippen LogP contribution in [-0.2, 0) is 4.79 Å². The number of aliphatic carboxylic acids is 1. The van der Waals surface area contributed by atoms with E-state index in [0.29, 0.717) is 0 Å². The molecule has 0 amide bonds. The Morgan fingerprint density at radius 3 is 2.20 bits per heavy atom. The molecular weight excluding hydrogens is 140 g/mol. The average molecular weight is 149 g/mol. The van der Waals surface area contributed by atoms with E-state index < -0.39 is 31.2 Å². The van der Waals surface area contributed by atoms with E-state index in [-0.39, 0.29) is 0 Å². The number of carboxylic acid groups (broad SMARTS) is 1. The van der Waals surface area contributed by atoms with Crippen LogP contribution in [0.2, 0.25) is 0 Å². The van der Waals surface area contributed by atoms with E-state index in [1.807, 2.05) is 0 Å². The minimum atomic E-state index is -1.46. The van der Waals surface area contributed by atoms with E-state index in [9.17, 15) is 9.90 Å². The third-order valence-electron chi connectivity index (χ3n) is 1.01. The maximum atomic E-state index is 9.77. The quantitative estimate of drug-likeness (QED) is 0.391. The van der Waals surface area contributed by atoms with Crippen LogP contribution >= 0.6 is 0 Å². The molecule has 5 heteroatoms. The minimum absolute atomic E-state index is 0.658. The van der Waals surface area contributed by atoms with Crippen LogP contribution in [0.3, 0.4) is 0 Å². The molecule has 60 valence electrons. The summed E-state index contributed by atoms with van der Waals surface area (Å²) in [4.78, 5) is 9.77. The van der Waals surface area contributed by atoms with Crippen LogP contribution in [0, 0.1) is 0 Å². The Balaban J connectivity index is 3.61. The molecule has 3 N–H and O–H groups in total. The SMILES string of the molecule is O=C([O-])C[C@H](O)[C@H](O)CO. The molecule has 0 rings (SSSR count). The second kappa shape index (κ2) is 4.21. The Kier molecular flexibility index (Phi) is 3.94. The molecule has 0 fully saturated rings. The predicted octanol–water partition coefficient (Wildman–Crippen LogP) is -3.16. The van der Waals surface area contributed by atoms with Gasteiger partial charge in [-0.15, -0.1) is 0 Å². The fourth-order valence-electron chi connectivity index (χ4n) is 0.428. The summed E-state index contributed by atoms with van der Waals surface area (Å²) in [6, 6.07) is 0. The lowest BCUT2D eigenvalue weighted by atomic mass is 10.1. The van der Waals surface area contributed by atoms with Gasteiger partial charge in [-0.25, -0.2) is 0 Å². The molecule has 0 aromatic rings. The van der Waals surface area contributed by atoms with Crippen LogP contribution in [0.15, 0.2) is 0 Å². The van der Waals surface area contributed by atoms with Crippen molar-refractivity contribution in [3.8, 4) is 0 Å². The molecule has 0 aliphatic carbocycles. The first-order valence-electron chi connectivity index (χ1n) is 2.74. The van der Waals surface area contributed by atoms with Crippen molar-refractivity contribution in [2.45, 2.75) is 18.6 Å². The standard InChI is InChI=1S/C5H10O5/c6-2-4(8)3(7)1-5(9)10/h3-4,6-8H,1-2H2,(H,9,10)/p-1/t3-,4+/m0/s1. The monoisotopic (exact) mass is 149 g/mol. The van der Waals surface area contributed by atoms with E-state index in [2.05, 4.69) is 0 Å². The van der Waals surface area contributed by atoms with Crippen LogP contribution in [0.5, 0.6) is 0 Å². The average Bonchev–Trinajstić information content (AvgIpc) is 1.85. The Morgan fingerprint density at radius 2 is 1.90 bits per heavy atom. The Morgan fingerprint density at radius 1 is 1.40 bits per heavy atom. The van der Waals surface area contributed by atoms with Gasteiger partial charge in [0.05, 0.1) is 12.7 Å². The highest BCUT2D eigenvalue weighted by Gasteiger charge is 2.14. The molecule has 0 aromatic heterocycles. The van der Waals surface area contributed by atoms with Gasteiger partial charge in [-0.05, 0) is 0 Å². The van der Waals surface area contributed by atoms with Crippen molar-refractivity contribution in [3.05, 3.63) is 0 Å². The van der Waals surface area contributed by atoms with Gasteiger partial charge in [0.25, 0.3) is 0 Å². The number of carboxylic acids is 1. The molecule has 0 saturated carbocycles. The first-order chi connectivity index (χ1) is 4.57. The lowest BCUT2D eigenvalue weighted by Gasteiger charge is -2.15. The molecule has 0 heterocycles. The molecule has 0 radical (unpaired) electrons. The molecule has 2 atom stereocenters. The Bertz CT molecular complexity index is 113. The van der Waals surface area contributed by atoms with Crippen LogP contribution in [0.4, 0.5) is 0 Å². The van der Waals surface area contributed by atoms with Crippen molar-refractivity contribution in [1.82, 2.24) is 0 Å². The summed E-state index contributed by atoms with van der Waals surface area (Å²) in [5.41, 5.74) is 0. The fraction of sp³-hybridized carbons (Fsp3) is 0.800. The molecule has 0 aliphatic rings. The second-order valence-electron chi connectivity index (χ2n) is 1.89. The van der Waals surface area contributed by atoms with Gasteiger partial charge in [0.15, 0.2) is 0 Å². The van der Waals surface area contributed by atoms with Crippen LogP contribution < -0.4 is 5.11 Å². The summed E-state index contributed by atoms with van der Waals surface area (Å²) < 4.78 is 0. The molecule has 0 spiro atoms. The number of carbonyl (C=O) groups is 1. The van der Waals surface area contributed by atoms with E-state index in [1.165, 1.54) is 0 Å². The minimum Gasteiger partial charge on any atom is -0.550 e. The topological polar surface area (TPSA) is 101 Å². The normalized spacial score (nSPS) is 16.3. The highest BCUT2D eigenvalue weighted by atomic mass is 16.4. The zero-order chi connectivity index (χ0) is 8.15. The molecule has 0 unspecified atom stereocenters. The van der Waals surface area contributed by atoms with Crippen LogP contribution in [-0.4, -0.2) is 40.1 Å². The maximum absolute atomic E-state index is 9.77. The highest BCUT2D eigenvalue weighted by Crippen LogP contribution is 1.96. The van der Waals surface area contributed by atoms with E-state index >= 15 is 0 Å². The van der Waals surface area contributed by atoms with Gasteiger partial charge in [0.2, 0.25) is 0 Å². The first kappa shape index (κ1) is 9.35. The predicted molar refractivity (Wildman–Crippen MR) is 28.7 cm³/mol. The van der Waals surface area contributed by atoms with Crippen LogP contribution in [0.1, 0.15) is 6.42 Å². The molecule has 10 heavy (non-hydrogen) atoms. The van der Waals surface area contributed by atoms with Gasteiger partial charge < -0.3 is 25.2 Å². The van der Waals surface area contributed by atoms with Gasteiger partial charge >= 0.3 is 0 Å². The van der Waals surface area contributed by atoms with Crippen molar-refractivity contribution in [3.63, 3.8) is 0 Å². The zero-order valence-electron chi connectivity index (χ0n) is 5.23. The lowest BCUT2D eigenvalue weighted by molar-refractivity contribution is -0.308. The Hall–Kier alpha value is -0.650. The van der Waals surface area contributed by atoms with Crippen molar-refractivity contribution in [2.75, 3.05) is 6.61 Å². The van der Waals surface area contributed by atoms with Gasteiger partial charge in [-0.1, -0.05) is 0 Å². The van der Waals surface area contributed by atoms with Gasteiger partial charge in [0, 0.05) is 12.4 Å². The summed E-state index contributed by atoms with van der Waals surface area (Å²) in [7, 11) is 0. The highest BCUT2D eigenvalue weighted by molar-refractivity contribution is 5.64. The number of hydrogen-bond acceptors (Lipinski definition) is 5. The summed E-state index contributed by atoms with van der Waals surface area (Å²) in [6.07, 6.45) is -3.52. The maximum Gasteiger partial charge on any atom is 0.103 e. The summed E-state index contributed by atoms with van der Waals surface area (Å²) in [6.45, 7) is -0.658. The summed E-state index contributed by atoms with van der Waals surface area (Å²) >= 11 is 0. The molecule has 0 aliphatic heterocycles. The number of rotatable bonds is 4. The van der Waals surface area contributed by atoms with Gasteiger partial charge in [-0.2, -0.15) is 0 Å². The number of hydrogen-bond donors (Lipinski definition) is 3. The Labute approximate surface area is 57.5 Å². The third kappa shape index (κ3) is 3.39. The van der Waals surface area contributed by atoms with Crippen molar-refractivity contribution >= 4 is 5.97 Å².